The van der Waals surface area contributed by atoms with Gasteiger partial charge >= 0.3 is 0 Å². The van der Waals surface area contributed by atoms with Crippen LogP contribution in [0.5, 0.6) is 5.75 Å². The molecule has 0 aliphatic carbocycles. The van der Waals surface area contributed by atoms with E-state index in [1.807, 2.05) is 18.2 Å². The third-order valence-corrected chi connectivity index (χ3v) is 3.07. The standard InChI is InChI=1S/C15H13N5O/c16-3-5-21-13-6-14(11-2-1-4-18-8-11)15-12(7-17)9-19-20(15)10-13/h1-2,4,6,8-10H,3,5,16H2. The maximum Gasteiger partial charge on any atom is 0.138 e. The zero-order chi connectivity index (χ0) is 14.7. The second kappa shape index (κ2) is 5.61. The highest BCUT2D eigenvalue weighted by molar-refractivity contribution is 5.84. The van der Waals surface area contributed by atoms with Gasteiger partial charge in [-0.05, 0) is 12.1 Å². The minimum absolute atomic E-state index is 0.421. The molecule has 2 N–H and O–H groups in total. The smallest absolute Gasteiger partial charge is 0.138 e. The van der Waals surface area contributed by atoms with E-state index in [1.165, 1.54) is 0 Å². The Balaban J connectivity index is 2.23. The van der Waals surface area contributed by atoms with Crippen molar-refractivity contribution in [1.82, 2.24) is 14.6 Å². The van der Waals surface area contributed by atoms with Crippen molar-refractivity contribution < 1.29 is 4.74 Å². The van der Waals surface area contributed by atoms with Crippen LogP contribution in [0.4, 0.5) is 0 Å². The van der Waals surface area contributed by atoms with Crippen molar-refractivity contribution in [2.24, 2.45) is 5.73 Å². The van der Waals surface area contributed by atoms with Crippen LogP contribution in [0.3, 0.4) is 0 Å². The molecule has 3 rings (SSSR count). The number of nitriles is 1. The molecule has 0 atom stereocenters. The van der Waals surface area contributed by atoms with Gasteiger partial charge in [-0.2, -0.15) is 10.4 Å². The average molecular weight is 279 g/mol. The molecule has 3 heterocycles. The van der Waals surface area contributed by atoms with Crippen LogP contribution in [0.25, 0.3) is 16.6 Å². The number of nitrogens with two attached hydrogens (primary N) is 1. The molecule has 6 nitrogen and oxygen atoms in total. The molecule has 104 valence electrons. The Morgan fingerprint density at radius 1 is 1.38 bits per heavy atom. The Morgan fingerprint density at radius 2 is 2.29 bits per heavy atom. The Bertz CT molecular complexity index is 804. The summed E-state index contributed by atoms with van der Waals surface area (Å²) in [7, 11) is 0. The molecule has 0 spiro atoms. The molecule has 0 saturated carbocycles. The predicted octanol–water partition coefficient (Wildman–Crippen LogP) is 1.61. The van der Waals surface area contributed by atoms with Crippen LogP contribution in [0.1, 0.15) is 5.56 Å². The van der Waals surface area contributed by atoms with Crippen molar-refractivity contribution in [2.75, 3.05) is 13.2 Å². The molecule has 0 aromatic carbocycles. The minimum atomic E-state index is 0.421. The summed E-state index contributed by atoms with van der Waals surface area (Å²) in [6.45, 7) is 0.854. The van der Waals surface area contributed by atoms with E-state index >= 15 is 0 Å². The van der Waals surface area contributed by atoms with Gasteiger partial charge in [-0.3, -0.25) is 4.98 Å². The van der Waals surface area contributed by atoms with Crippen molar-refractivity contribution in [3.05, 3.63) is 48.5 Å². The van der Waals surface area contributed by atoms with Gasteiger partial charge in [0, 0.05) is 30.1 Å². The van der Waals surface area contributed by atoms with E-state index in [1.54, 1.807) is 29.3 Å². The number of fused-ring (bicyclic) bond motifs is 1. The van der Waals surface area contributed by atoms with Gasteiger partial charge in [-0.25, -0.2) is 4.52 Å². The fraction of sp³-hybridized carbons (Fsp3) is 0.133. The zero-order valence-corrected chi connectivity index (χ0v) is 11.2. The lowest BCUT2D eigenvalue weighted by molar-refractivity contribution is 0.326. The molecule has 0 radical (unpaired) electrons. The summed E-state index contributed by atoms with van der Waals surface area (Å²) >= 11 is 0. The summed E-state index contributed by atoms with van der Waals surface area (Å²) in [4.78, 5) is 4.13. The van der Waals surface area contributed by atoms with E-state index in [0.717, 1.165) is 16.6 Å². The number of hydrogen-bond donors (Lipinski definition) is 1. The van der Waals surface area contributed by atoms with Gasteiger partial charge in [-0.1, -0.05) is 6.07 Å². The van der Waals surface area contributed by atoms with E-state index in [0.29, 0.717) is 24.5 Å². The van der Waals surface area contributed by atoms with Crippen LogP contribution < -0.4 is 10.5 Å². The largest absolute Gasteiger partial charge is 0.491 e. The number of ether oxygens (including phenoxy) is 1. The van der Waals surface area contributed by atoms with Gasteiger partial charge in [0.25, 0.3) is 0 Å². The molecule has 0 aliphatic rings. The Morgan fingerprint density at radius 3 is 3.00 bits per heavy atom. The quantitative estimate of drug-likeness (QED) is 0.783. The number of rotatable bonds is 4. The monoisotopic (exact) mass is 279 g/mol. The third-order valence-electron chi connectivity index (χ3n) is 3.07. The lowest BCUT2D eigenvalue weighted by Crippen LogP contribution is -2.11. The van der Waals surface area contributed by atoms with Gasteiger partial charge in [0.15, 0.2) is 0 Å². The molecule has 0 saturated heterocycles. The predicted molar refractivity (Wildman–Crippen MR) is 77.7 cm³/mol. The van der Waals surface area contributed by atoms with E-state index in [-0.39, 0.29) is 0 Å². The van der Waals surface area contributed by atoms with Gasteiger partial charge < -0.3 is 10.5 Å². The Labute approximate surface area is 121 Å². The van der Waals surface area contributed by atoms with Crippen molar-refractivity contribution >= 4 is 5.52 Å². The molecule has 0 amide bonds. The topological polar surface area (TPSA) is 89.2 Å². The molecular weight excluding hydrogens is 266 g/mol. The van der Waals surface area contributed by atoms with Gasteiger partial charge in [0.05, 0.1) is 23.5 Å². The maximum absolute atomic E-state index is 9.24. The summed E-state index contributed by atoms with van der Waals surface area (Å²) in [5.74, 6) is 0.652. The van der Waals surface area contributed by atoms with Crippen LogP contribution in [0.2, 0.25) is 0 Å². The first-order valence-electron chi connectivity index (χ1n) is 6.48. The molecule has 3 aromatic heterocycles. The highest BCUT2D eigenvalue weighted by Gasteiger charge is 2.13. The highest BCUT2D eigenvalue weighted by atomic mass is 16.5. The van der Waals surface area contributed by atoms with Gasteiger partial charge in [-0.15, -0.1) is 0 Å². The summed E-state index contributed by atoms with van der Waals surface area (Å²) < 4.78 is 7.22. The lowest BCUT2D eigenvalue weighted by atomic mass is 10.1. The summed E-state index contributed by atoms with van der Waals surface area (Å²) in [5, 5.41) is 13.4. The number of pyridine rings is 2. The van der Waals surface area contributed by atoms with Crippen molar-refractivity contribution in [3.8, 4) is 22.9 Å². The highest BCUT2D eigenvalue weighted by Crippen LogP contribution is 2.30. The molecule has 21 heavy (non-hydrogen) atoms. The first-order chi connectivity index (χ1) is 10.3. The van der Waals surface area contributed by atoms with Gasteiger partial charge in [0.2, 0.25) is 0 Å². The number of nitrogens with zero attached hydrogens (tertiary/aromatic N) is 4. The normalized spacial score (nSPS) is 10.5. The van der Waals surface area contributed by atoms with E-state index in [2.05, 4.69) is 16.2 Å². The summed E-state index contributed by atoms with van der Waals surface area (Å²) in [6, 6.07) is 7.82. The molecular formula is C15H13N5O. The van der Waals surface area contributed by atoms with Crippen LogP contribution >= 0.6 is 0 Å². The molecule has 0 unspecified atom stereocenters. The molecule has 3 aromatic rings. The fourth-order valence-electron chi connectivity index (χ4n) is 2.18. The minimum Gasteiger partial charge on any atom is -0.491 e. The first-order valence-corrected chi connectivity index (χ1v) is 6.48. The second-order valence-electron chi connectivity index (χ2n) is 4.43. The van der Waals surface area contributed by atoms with E-state index in [4.69, 9.17) is 10.5 Å². The summed E-state index contributed by atoms with van der Waals surface area (Å²) in [5.41, 5.74) is 8.47. The Kier molecular flexibility index (Phi) is 3.50. The fourth-order valence-corrected chi connectivity index (χ4v) is 2.18. The third kappa shape index (κ3) is 2.42. The van der Waals surface area contributed by atoms with Crippen molar-refractivity contribution in [1.29, 1.82) is 5.26 Å². The van der Waals surface area contributed by atoms with Crippen LogP contribution in [-0.4, -0.2) is 27.7 Å². The zero-order valence-electron chi connectivity index (χ0n) is 11.2. The van der Waals surface area contributed by atoms with Gasteiger partial charge in [0.1, 0.15) is 18.4 Å². The van der Waals surface area contributed by atoms with Crippen LogP contribution in [0, 0.1) is 11.3 Å². The molecule has 0 aliphatic heterocycles. The van der Waals surface area contributed by atoms with E-state index in [9.17, 15) is 5.26 Å². The molecule has 6 heteroatoms. The first kappa shape index (κ1) is 13.1. The number of hydrogen-bond acceptors (Lipinski definition) is 5. The van der Waals surface area contributed by atoms with E-state index < -0.39 is 0 Å². The lowest BCUT2D eigenvalue weighted by Gasteiger charge is -2.09. The number of aromatic nitrogens is 3. The SMILES string of the molecule is N#Cc1cnn2cc(OCCN)cc(-c3cccnc3)c12. The summed E-state index contributed by atoms with van der Waals surface area (Å²) in [6.07, 6.45) is 6.74. The second-order valence-corrected chi connectivity index (χ2v) is 4.43. The van der Waals surface area contributed by atoms with Crippen LogP contribution in [0.15, 0.2) is 43.0 Å². The van der Waals surface area contributed by atoms with Crippen molar-refractivity contribution in [3.63, 3.8) is 0 Å². The van der Waals surface area contributed by atoms with Crippen LogP contribution in [-0.2, 0) is 0 Å². The molecule has 0 bridgehead atoms. The molecule has 0 fully saturated rings. The average Bonchev–Trinajstić information content (AvgIpc) is 2.96. The maximum atomic E-state index is 9.24. The Hall–Kier alpha value is -2.91. The van der Waals surface area contributed by atoms with Crippen molar-refractivity contribution in [2.45, 2.75) is 0 Å².